The number of imidazole rings is 1. The number of nitrogens with zero attached hydrogens (tertiary/aromatic N) is 3. The minimum Gasteiger partial charge on any atom is -0.347 e. The van der Waals surface area contributed by atoms with Crippen LogP contribution in [-0.4, -0.2) is 39.7 Å². The van der Waals surface area contributed by atoms with Crippen LogP contribution in [0.25, 0.3) is 22.0 Å². The van der Waals surface area contributed by atoms with Crippen molar-refractivity contribution in [2.24, 2.45) is 18.4 Å². The highest BCUT2D eigenvalue weighted by atomic mass is 19.4. The summed E-state index contributed by atoms with van der Waals surface area (Å²) in [5, 5.41) is 7.55. The molecule has 2 N–H and O–H groups in total. The highest BCUT2D eigenvalue weighted by Gasteiger charge is 2.68. The van der Waals surface area contributed by atoms with Crippen LogP contribution in [0.15, 0.2) is 43.0 Å². The molecule has 1 unspecified atom stereocenters. The van der Waals surface area contributed by atoms with Gasteiger partial charge in [-0.2, -0.15) is 13.2 Å². The summed E-state index contributed by atoms with van der Waals surface area (Å²) in [5.41, 5.74) is 0.101. The lowest BCUT2D eigenvalue weighted by Crippen LogP contribution is -2.45. The summed E-state index contributed by atoms with van der Waals surface area (Å²) in [5.74, 6) is -0.600. The van der Waals surface area contributed by atoms with Crippen molar-refractivity contribution >= 4 is 16.7 Å². The molecular formula is C24H26F3N5O. The highest BCUT2D eigenvalue weighted by molar-refractivity contribution is 5.87. The third-order valence-corrected chi connectivity index (χ3v) is 7.05. The van der Waals surface area contributed by atoms with Crippen LogP contribution in [0.1, 0.15) is 37.4 Å². The maximum Gasteiger partial charge on any atom is 0.396 e. The summed E-state index contributed by atoms with van der Waals surface area (Å²) < 4.78 is 44.3. The van der Waals surface area contributed by atoms with Crippen LogP contribution in [0.2, 0.25) is 0 Å². The van der Waals surface area contributed by atoms with Gasteiger partial charge in [0.2, 0.25) is 5.91 Å². The summed E-state index contributed by atoms with van der Waals surface area (Å²) in [6, 6.07) is 6.25. The maximum atomic E-state index is 14.1. The largest absolute Gasteiger partial charge is 0.396 e. The summed E-state index contributed by atoms with van der Waals surface area (Å²) >= 11 is 0. The first-order valence-corrected chi connectivity index (χ1v) is 11.2. The van der Waals surface area contributed by atoms with Crippen molar-refractivity contribution in [3.63, 3.8) is 0 Å². The molecule has 2 aliphatic rings. The molecule has 1 aromatic carbocycles. The van der Waals surface area contributed by atoms with Gasteiger partial charge in [-0.25, -0.2) is 4.98 Å². The molecule has 2 aromatic heterocycles. The van der Waals surface area contributed by atoms with Crippen molar-refractivity contribution in [3.8, 4) is 11.3 Å². The van der Waals surface area contributed by atoms with Crippen molar-refractivity contribution in [2.45, 2.75) is 37.9 Å². The Hall–Kier alpha value is -2.94. The van der Waals surface area contributed by atoms with Gasteiger partial charge >= 0.3 is 6.18 Å². The Morgan fingerprint density at radius 3 is 2.58 bits per heavy atom. The van der Waals surface area contributed by atoms with E-state index in [0.29, 0.717) is 25.9 Å². The summed E-state index contributed by atoms with van der Waals surface area (Å²) in [6.45, 7) is 1.39. The van der Waals surface area contributed by atoms with Gasteiger partial charge in [0.25, 0.3) is 0 Å². The number of alkyl halides is 3. The molecule has 0 spiro atoms. The van der Waals surface area contributed by atoms with Crippen molar-refractivity contribution in [3.05, 3.63) is 48.7 Å². The average molecular weight is 458 g/mol. The number of carbonyl (C=O) groups is 1. The molecule has 3 heterocycles. The zero-order chi connectivity index (χ0) is 23.2. The Balaban J connectivity index is 1.53. The Kier molecular flexibility index (Phi) is 5.39. The SMILES string of the molecule is Cn1cncc1-c1ccc2cnc(C(NC(=O)C3CCNCC3)C3(C(F)(F)F)CC3)cc2c1. The lowest BCUT2D eigenvalue weighted by molar-refractivity contribution is -0.197. The summed E-state index contributed by atoms with van der Waals surface area (Å²) in [6.07, 6.45) is 1.83. The molecule has 9 heteroatoms. The van der Waals surface area contributed by atoms with E-state index in [2.05, 4.69) is 20.6 Å². The minimum absolute atomic E-state index is 0.0115. The number of halogens is 3. The number of pyridine rings is 1. The fourth-order valence-corrected chi connectivity index (χ4v) is 4.82. The molecule has 5 rings (SSSR count). The van der Waals surface area contributed by atoms with Gasteiger partial charge in [0, 0.05) is 30.1 Å². The number of piperidine rings is 1. The normalized spacial score (nSPS) is 19.4. The average Bonchev–Trinajstić information content (AvgIpc) is 3.52. The number of carbonyl (C=O) groups excluding carboxylic acids is 1. The van der Waals surface area contributed by atoms with Crippen molar-refractivity contribution in [2.75, 3.05) is 13.1 Å². The van der Waals surface area contributed by atoms with E-state index in [1.54, 1.807) is 24.8 Å². The van der Waals surface area contributed by atoms with E-state index in [-0.39, 0.29) is 30.4 Å². The molecule has 1 amide bonds. The Bertz CT molecular complexity index is 1180. The number of amides is 1. The molecule has 0 bridgehead atoms. The van der Waals surface area contributed by atoms with Gasteiger partial charge in [0.15, 0.2) is 0 Å². The van der Waals surface area contributed by atoms with Crippen molar-refractivity contribution in [1.29, 1.82) is 0 Å². The minimum atomic E-state index is -4.42. The molecule has 33 heavy (non-hydrogen) atoms. The number of rotatable bonds is 5. The zero-order valence-electron chi connectivity index (χ0n) is 18.3. The predicted molar refractivity (Wildman–Crippen MR) is 118 cm³/mol. The molecular weight excluding hydrogens is 431 g/mol. The van der Waals surface area contributed by atoms with Gasteiger partial charge in [0.1, 0.15) is 0 Å². The molecule has 2 fully saturated rings. The van der Waals surface area contributed by atoms with E-state index < -0.39 is 17.6 Å². The highest BCUT2D eigenvalue weighted by Crippen LogP contribution is 2.64. The molecule has 1 atom stereocenters. The van der Waals surface area contributed by atoms with Crippen LogP contribution in [-0.2, 0) is 11.8 Å². The smallest absolute Gasteiger partial charge is 0.347 e. The number of hydrogen-bond acceptors (Lipinski definition) is 4. The van der Waals surface area contributed by atoms with Gasteiger partial charge in [-0.3, -0.25) is 9.78 Å². The molecule has 1 saturated carbocycles. The lowest BCUT2D eigenvalue weighted by Gasteiger charge is -2.32. The second-order valence-corrected chi connectivity index (χ2v) is 9.18. The quantitative estimate of drug-likeness (QED) is 0.604. The van der Waals surface area contributed by atoms with Crippen LogP contribution in [0.4, 0.5) is 13.2 Å². The van der Waals surface area contributed by atoms with E-state index in [1.807, 2.05) is 29.8 Å². The molecule has 1 aliphatic heterocycles. The van der Waals surface area contributed by atoms with Gasteiger partial charge < -0.3 is 15.2 Å². The standard InChI is InChI=1S/C24H26F3N5O/c1-32-14-29-13-20(32)16-2-3-17-12-30-19(11-18(17)10-16)21(23(6-7-23)24(25,26)27)31-22(33)15-4-8-28-9-5-15/h2-3,10-15,21,28H,4-9H2,1H3,(H,31,33). The number of benzene rings is 1. The van der Waals surface area contributed by atoms with Crippen LogP contribution in [0.5, 0.6) is 0 Å². The van der Waals surface area contributed by atoms with Crippen molar-refractivity contribution in [1.82, 2.24) is 25.2 Å². The van der Waals surface area contributed by atoms with Gasteiger partial charge in [-0.15, -0.1) is 0 Å². The van der Waals surface area contributed by atoms with Gasteiger partial charge in [0.05, 0.1) is 35.4 Å². The molecule has 174 valence electrons. The number of aromatic nitrogens is 3. The van der Waals surface area contributed by atoms with Crippen LogP contribution < -0.4 is 10.6 Å². The number of nitrogens with one attached hydrogen (secondary N) is 2. The molecule has 1 aliphatic carbocycles. The first-order valence-electron chi connectivity index (χ1n) is 11.2. The third kappa shape index (κ3) is 3.99. The van der Waals surface area contributed by atoms with Gasteiger partial charge in [-0.05, 0) is 56.3 Å². The number of fused-ring (bicyclic) bond motifs is 1. The summed E-state index contributed by atoms with van der Waals surface area (Å²) in [7, 11) is 1.89. The molecule has 1 saturated heterocycles. The van der Waals surface area contributed by atoms with Crippen LogP contribution >= 0.6 is 0 Å². The monoisotopic (exact) mass is 457 g/mol. The zero-order valence-corrected chi connectivity index (χ0v) is 18.3. The van der Waals surface area contributed by atoms with E-state index >= 15 is 0 Å². The van der Waals surface area contributed by atoms with Gasteiger partial charge in [-0.1, -0.05) is 12.1 Å². The predicted octanol–water partition coefficient (Wildman–Crippen LogP) is 4.13. The Morgan fingerprint density at radius 1 is 1.18 bits per heavy atom. The molecule has 3 aromatic rings. The summed E-state index contributed by atoms with van der Waals surface area (Å²) in [4.78, 5) is 21.5. The molecule has 6 nitrogen and oxygen atoms in total. The maximum absolute atomic E-state index is 14.1. The van der Waals surface area contributed by atoms with E-state index in [9.17, 15) is 18.0 Å². The second-order valence-electron chi connectivity index (χ2n) is 9.18. The molecule has 0 radical (unpaired) electrons. The number of hydrogen-bond donors (Lipinski definition) is 2. The Labute approximate surface area is 189 Å². The fraction of sp³-hybridized carbons (Fsp3) is 0.458. The Morgan fingerprint density at radius 2 is 1.94 bits per heavy atom. The third-order valence-electron chi connectivity index (χ3n) is 7.05. The number of aryl methyl sites for hydroxylation is 1. The van der Waals surface area contributed by atoms with E-state index in [4.69, 9.17) is 0 Å². The first-order chi connectivity index (χ1) is 15.8. The van der Waals surface area contributed by atoms with E-state index in [0.717, 1.165) is 22.0 Å². The lowest BCUT2D eigenvalue weighted by atomic mass is 9.89. The van der Waals surface area contributed by atoms with Crippen LogP contribution in [0.3, 0.4) is 0 Å². The van der Waals surface area contributed by atoms with E-state index in [1.165, 1.54) is 0 Å². The van der Waals surface area contributed by atoms with Crippen LogP contribution in [0, 0.1) is 11.3 Å². The second kappa shape index (κ2) is 8.13. The topological polar surface area (TPSA) is 71.8 Å². The fourth-order valence-electron chi connectivity index (χ4n) is 4.82. The first kappa shape index (κ1) is 21.9. The van der Waals surface area contributed by atoms with Crippen molar-refractivity contribution < 1.29 is 18.0 Å².